The summed E-state index contributed by atoms with van der Waals surface area (Å²) in [5, 5.41) is 9.49. The number of thiophene rings is 1. The lowest BCUT2D eigenvalue weighted by Crippen LogP contribution is -1.92. The van der Waals surface area contributed by atoms with E-state index in [1.807, 2.05) is 13.0 Å². The summed E-state index contributed by atoms with van der Waals surface area (Å²) in [5.41, 5.74) is -0.0420. The summed E-state index contributed by atoms with van der Waals surface area (Å²) in [7, 11) is 0. The molecule has 0 aliphatic rings. The van der Waals surface area contributed by atoms with Crippen molar-refractivity contribution >= 4 is 33.2 Å². The molecule has 21 heavy (non-hydrogen) atoms. The van der Waals surface area contributed by atoms with Crippen molar-refractivity contribution in [1.29, 1.82) is 5.26 Å². The Bertz CT molecular complexity index is 888. The van der Waals surface area contributed by atoms with E-state index in [0.29, 0.717) is 10.2 Å². The molecule has 0 amide bonds. The van der Waals surface area contributed by atoms with Gasteiger partial charge in [-0.1, -0.05) is 0 Å². The van der Waals surface area contributed by atoms with Crippen molar-refractivity contribution in [3.05, 3.63) is 45.8 Å². The first-order chi connectivity index (χ1) is 10.1. The fraction of sp³-hybridized carbons (Fsp3) is 0.0714. The molecule has 0 radical (unpaired) electrons. The number of aryl methyl sites for hydroxylation is 1. The highest BCUT2D eigenvalue weighted by atomic mass is 35.5. The van der Waals surface area contributed by atoms with Crippen LogP contribution in [0.2, 0.25) is 5.28 Å². The lowest BCUT2D eigenvalue weighted by Gasteiger charge is -2.06. The Morgan fingerprint density at radius 1 is 1.33 bits per heavy atom. The Morgan fingerprint density at radius 3 is 2.86 bits per heavy atom. The monoisotopic (exact) mass is 319 g/mol. The molecule has 2 heterocycles. The van der Waals surface area contributed by atoms with Gasteiger partial charge in [-0.05, 0) is 36.7 Å². The first-order valence-electron chi connectivity index (χ1n) is 5.88. The van der Waals surface area contributed by atoms with E-state index in [0.717, 1.165) is 10.9 Å². The number of hydrogen-bond donors (Lipinski definition) is 0. The van der Waals surface area contributed by atoms with Crippen LogP contribution in [-0.4, -0.2) is 9.97 Å². The number of halogens is 2. The minimum atomic E-state index is -0.645. The van der Waals surface area contributed by atoms with Gasteiger partial charge in [0.25, 0.3) is 0 Å². The second-order valence-corrected chi connectivity index (χ2v) is 5.80. The normalized spacial score (nSPS) is 10.6. The second kappa shape index (κ2) is 5.28. The number of fused-ring (bicyclic) bond motifs is 1. The van der Waals surface area contributed by atoms with Crippen molar-refractivity contribution < 1.29 is 9.13 Å². The Labute approximate surface area is 128 Å². The van der Waals surface area contributed by atoms with E-state index in [4.69, 9.17) is 21.6 Å². The van der Waals surface area contributed by atoms with Crippen molar-refractivity contribution in [3.63, 3.8) is 0 Å². The van der Waals surface area contributed by atoms with E-state index < -0.39 is 5.82 Å². The number of nitriles is 1. The molecule has 0 saturated carbocycles. The molecule has 0 aliphatic heterocycles. The summed E-state index contributed by atoms with van der Waals surface area (Å²) in [6, 6.07) is 7.63. The van der Waals surface area contributed by atoms with Gasteiger partial charge >= 0.3 is 0 Å². The molecular formula is C14H7ClFN3OS. The Balaban J connectivity index is 2.05. The standard InChI is InChI=1S/C14H7ClFN3OS/c1-7-4-10-12(18-14(15)19-13(10)21-7)20-9-3-2-8(6-17)11(16)5-9/h2-5H,1H3. The van der Waals surface area contributed by atoms with Gasteiger partial charge in [0, 0.05) is 10.9 Å². The molecule has 104 valence electrons. The zero-order valence-corrected chi connectivity index (χ0v) is 12.3. The average molecular weight is 320 g/mol. The third kappa shape index (κ3) is 2.66. The summed E-state index contributed by atoms with van der Waals surface area (Å²) < 4.78 is 19.2. The van der Waals surface area contributed by atoms with Crippen molar-refractivity contribution in [2.75, 3.05) is 0 Å². The molecule has 3 aromatic rings. The van der Waals surface area contributed by atoms with Crippen LogP contribution in [0.25, 0.3) is 10.2 Å². The third-order valence-electron chi connectivity index (χ3n) is 2.73. The highest BCUT2D eigenvalue weighted by Crippen LogP contribution is 2.33. The summed E-state index contributed by atoms with van der Waals surface area (Å²) in [5.74, 6) is -0.141. The third-order valence-corrected chi connectivity index (χ3v) is 3.84. The maximum Gasteiger partial charge on any atom is 0.232 e. The Kier molecular flexibility index (Phi) is 3.45. The van der Waals surface area contributed by atoms with E-state index in [1.165, 1.54) is 23.5 Å². The van der Waals surface area contributed by atoms with Crippen LogP contribution >= 0.6 is 22.9 Å². The predicted octanol–water partition coefficient (Wildman–Crippen LogP) is 4.46. The van der Waals surface area contributed by atoms with Crippen molar-refractivity contribution in [2.24, 2.45) is 0 Å². The van der Waals surface area contributed by atoms with Gasteiger partial charge in [0.15, 0.2) is 0 Å². The molecule has 0 unspecified atom stereocenters. The van der Waals surface area contributed by atoms with E-state index in [2.05, 4.69) is 9.97 Å². The van der Waals surface area contributed by atoms with Crippen molar-refractivity contribution in [1.82, 2.24) is 9.97 Å². The van der Waals surface area contributed by atoms with E-state index in [-0.39, 0.29) is 22.5 Å². The summed E-state index contributed by atoms with van der Waals surface area (Å²) in [4.78, 5) is 9.90. The number of benzene rings is 1. The quantitative estimate of drug-likeness (QED) is 0.654. The summed E-state index contributed by atoms with van der Waals surface area (Å²) in [6.45, 7) is 1.94. The maximum absolute atomic E-state index is 13.6. The Hall–Kier alpha value is -2.23. The molecule has 0 fully saturated rings. The highest BCUT2D eigenvalue weighted by molar-refractivity contribution is 7.18. The summed E-state index contributed by atoms with van der Waals surface area (Å²) in [6.07, 6.45) is 0. The van der Waals surface area contributed by atoms with Gasteiger partial charge < -0.3 is 4.74 Å². The zero-order chi connectivity index (χ0) is 15.0. The molecule has 0 spiro atoms. The smallest absolute Gasteiger partial charge is 0.232 e. The summed E-state index contributed by atoms with van der Waals surface area (Å²) >= 11 is 7.33. The predicted molar refractivity (Wildman–Crippen MR) is 78.4 cm³/mol. The minimum absolute atomic E-state index is 0.0420. The topological polar surface area (TPSA) is 58.8 Å². The minimum Gasteiger partial charge on any atom is -0.438 e. The highest BCUT2D eigenvalue weighted by Gasteiger charge is 2.13. The van der Waals surface area contributed by atoms with Gasteiger partial charge in [-0.3, -0.25) is 0 Å². The molecule has 4 nitrogen and oxygen atoms in total. The largest absolute Gasteiger partial charge is 0.438 e. The number of nitrogens with zero attached hydrogens (tertiary/aromatic N) is 3. The zero-order valence-electron chi connectivity index (χ0n) is 10.7. The van der Waals surface area contributed by atoms with Gasteiger partial charge in [-0.15, -0.1) is 11.3 Å². The molecule has 7 heteroatoms. The number of ether oxygens (including phenoxy) is 1. The lowest BCUT2D eigenvalue weighted by atomic mass is 10.2. The fourth-order valence-corrected chi connectivity index (χ4v) is 2.91. The number of rotatable bonds is 2. The molecule has 0 aliphatic carbocycles. The van der Waals surface area contributed by atoms with Crippen LogP contribution in [0.5, 0.6) is 11.6 Å². The van der Waals surface area contributed by atoms with Gasteiger partial charge in [0.05, 0.1) is 10.9 Å². The fourth-order valence-electron chi connectivity index (χ4n) is 1.83. The van der Waals surface area contributed by atoms with Crippen LogP contribution in [0, 0.1) is 24.1 Å². The first kappa shape index (κ1) is 13.7. The second-order valence-electron chi connectivity index (χ2n) is 4.23. The molecule has 3 rings (SSSR count). The lowest BCUT2D eigenvalue weighted by molar-refractivity contribution is 0.463. The Morgan fingerprint density at radius 2 is 2.14 bits per heavy atom. The first-order valence-corrected chi connectivity index (χ1v) is 7.07. The van der Waals surface area contributed by atoms with Crippen LogP contribution in [-0.2, 0) is 0 Å². The molecule has 0 saturated heterocycles. The molecule has 0 atom stereocenters. The van der Waals surface area contributed by atoms with Crippen LogP contribution < -0.4 is 4.74 Å². The van der Waals surface area contributed by atoms with Crippen LogP contribution in [0.1, 0.15) is 10.4 Å². The number of aromatic nitrogens is 2. The SMILES string of the molecule is Cc1cc2c(Oc3ccc(C#N)c(F)c3)nc(Cl)nc2s1. The molecule has 1 aromatic carbocycles. The van der Waals surface area contributed by atoms with E-state index in [9.17, 15) is 4.39 Å². The number of hydrogen-bond acceptors (Lipinski definition) is 5. The van der Waals surface area contributed by atoms with E-state index >= 15 is 0 Å². The van der Waals surface area contributed by atoms with Crippen LogP contribution in [0.4, 0.5) is 4.39 Å². The van der Waals surface area contributed by atoms with Crippen molar-refractivity contribution in [2.45, 2.75) is 6.92 Å². The van der Waals surface area contributed by atoms with Gasteiger partial charge in [-0.25, -0.2) is 9.37 Å². The van der Waals surface area contributed by atoms with Crippen molar-refractivity contribution in [3.8, 4) is 17.7 Å². The van der Waals surface area contributed by atoms with Gasteiger partial charge in [-0.2, -0.15) is 10.2 Å². The molecule has 2 aromatic heterocycles. The average Bonchev–Trinajstić information content (AvgIpc) is 2.79. The molecule has 0 N–H and O–H groups in total. The van der Waals surface area contributed by atoms with E-state index in [1.54, 1.807) is 6.07 Å². The van der Waals surface area contributed by atoms with Gasteiger partial charge in [0.1, 0.15) is 22.5 Å². The van der Waals surface area contributed by atoms with Crippen LogP contribution in [0.3, 0.4) is 0 Å². The maximum atomic E-state index is 13.6. The van der Waals surface area contributed by atoms with Gasteiger partial charge in [0.2, 0.25) is 11.2 Å². The van der Waals surface area contributed by atoms with Crippen LogP contribution in [0.15, 0.2) is 24.3 Å². The molecule has 0 bridgehead atoms. The molecular weight excluding hydrogens is 313 g/mol.